The molecule has 0 aliphatic heterocycles. The number of urea groups is 1. The maximum atomic E-state index is 13.2. The van der Waals surface area contributed by atoms with Gasteiger partial charge in [-0.05, 0) is 115 Å². The highest BCUT2D eigenvalue weighted by Gasteiger charge is 2.28. The van der Waals surface area contributed by atoms with Crippen molar-refractivity contribution < 1.29 is 22.7 Å². The molecule has 2 aliphatic rings. The fourth-order valence-electron chi connectivity index (χ4n) is 6.51. The van der Waals surface area contributed by atoms with Crippen LogP contribution in [0, 0.1) is 11.8 Å². The molecular formula is C33H41N3O5S. The number of carbonyl (C=O) groups excluding carboxylic acids is 1. The quantitative estimate of drug-likeness (QED) is 0.314. The Kier molecular flexibility index (Phi) is 9.38. The molecule has 2 unspecified atom stereocenters. The van der Waals surface area contributed by atoms with Crippen molar-refractivity contribution in [3.63, 3.8) is 0 Å². The van der Waals surface area contributed by atoms with E-state index in [0.717, 1.165) is 66.3 Å². The third-order valence-electron chi connectivity index (χ3n) is 8.67. The maximum absolute atomic E-state index is 13.2. The average molecular weight is 592 g/mol. The van der Waals surface area contributed by atoms with Gasteiger partial charge in [0.1, 0.15) is 11.5 Å². The van der Waals surface area contributed by atoms with Gasteiger partial charge in [-0.2, -0.15) is 4.31 Å². The molecule has 9 heteroatoms. The lowest BCUT2D eigenvalue weighted by molar-refractivity contribution is 0.257. The summed E-state index contributed by atoms with van der Waals surface area (Å²) in [5.41, 5.74) is 12.1. The van der Waals surface area contributed by atoms with Crippen LogP contribution in [-0.4, -0.2) is 47.5 Å². The first-order valence-electron chi connectivity index (χ1n) is 14.7. The summed E-state index contributed by atoms with van der Waals surface area (Å²) in [6, 6.07) is 18.5. The van der Waals surface area contributed by atoms with Gasteiger partial charge in [-0.25, -0.2) is 13.2 Å². The second-order valence-corrected chi connectivity index (χ2v) is 13.3. The van der Waals surface area contributed by atoms with E-state index in [1.165, 1.54) is 22.3 Å². The first-order valence-corrected chi connectivity index (χ1v) is 16.3. The molecule has 3 aromatic carbocycles. The van der Waals surface area contributed by atoms with Gasteiger partial charge in [-0.1, -0.05) is 36.4 Å². The molecule has 0 aromatic heterocycles. The molecule has 224 valence electrons. The van der Waals surface area contributed by atoms with Crippen molar-refractivity contribution in [3.8, 4) is 11.5 Å². The number of benzene rings is 3. The Balaban J connectivity index is 1.16. The zero-order valence-electron chi connectivity index (χ0n) is 24.5. The number of nitrogens with one attached hydrogen (secondary N) is 1. The topological polar surface area (TPSA) is 111 Å². The van der Waals surface area contributed by atoms with Crippen LogP contribution >= 0.6 is 0 Å². The minimum Gasteiger partial charge on any atom is -0.496 e. The summed E-state index contributed by atoms with van der Waals surface area (Å²) in [4.78, 5) is 12.3. The van der Waals surface area contributed by atoms with Gasteiger partial charge in [0, 0.05) is 6.54 Å². The number of carbonyl (C=O) groups is 1. The molecule has 42 heavy (non-hydrogen) atoms. The number of hydrogen-bond donors (Lipinski definition) is 2. The lowest BCUT2D eigenvalue weighted by Crippen LogP contribution is -2.44. The first kappa shape index (κ1) is 29.9. The van der Waals surface area contributed by atoms with Crippen LogP contribution in [0.4, 0.5) is 10.5 Å². The van der Waals surface area contributed by atoms with Gasteiger partial charge in [0.25, 0.3) is 0 Å². The molecule has 0 heterocycles. The van der Waals surface area contributed by atoms with Crippen LogP contribution in [0.15, 0.2) is 60.7 Å². The molecule has 0 saturated carbocycles. The number of rotatable bonds is 11. The van der Waals surface area contributed by atoms with Crippen LogP contribution in [0.25, 0.3) is 0 Å². The number of aryl methyl sites for hydroxylation is 2. The van der Waals surface area contributed by atoms with Crippen LogP contribution in [0.2, 0.25) is 0 Å². The summed E-state index contributed by atoms with van der Waals surface area (Å²) in [5, 5.41) is 3.29. The molecule has 0 bridgehead atoms. The van der Waals surface area contributed by atoms with Gasteiger partial charge < -0.3 is 20.5 Å². The highest BCUT2D eigenvalue weighted by atomic mass is 32.2. The molecule has 0 radical (unpaired) electrons. The summed E-state index contributed by atoms with van der Waals surface area (Å²) in [6.45, 7) is 0.919. The largest absolute Gasteiger partial charge is 0.496 e. The Morgan fingerprint density at radius 3 is 2.02 bits per heavy atom. The van der Waals surface area contributed by atoms with E-state index in [9.17, 15) is 13.2 Å². The number of nitrogens with zero attached hydrogens (tertiary/aromatic N) is 1. The molecule has 0 spiro atoms. The van der Waals surface area contributed by atoms with Crippen molar-refractivity contribution in [1.29, 1.82) is 0 Å². The second-order valence-electron chi connectivity index (χ2n) is 11.4. The summed E-state index contributed by atoms with van der Waals surface area (Å²) in [6.07, 6.45) is 6.79. The number of hydrogen-bond acceptors (Lipinski definition) is 6. The van der Waals surface area contributed by atoms with Gasteiger partial charge in [-0.15, -0.1) is 0 Å². The third kappa shape index (κ3) is 6.73. The summed E-state index contributed by atoms with van der Waals surface area (Å²) < 4.78 is 38.3. The molecule has 2 atom stereocenters. The van der Waals surface area contributed by atoms with E-state index in [1.54, 1.807) is 26.4 Å². The van der Waals surface area contributed by atoms with E-state index in [1.807, 2.05) is 36.4 Å². The normalized spacial score (nSPS) is 18.0. The Labute approximate surface area is 249 Å². The molecule has 0 fully saturated rings. The number of methoxy groups -OCH3 is 2. The Bertz CT molecular complexity index is 1480. The molecule has 5 rings (SSSR count). The predicted molar refractivity (Wildman–Crippen MR) is 166 cm³/mol. The van der Waals surface area contributed by atoms with E-state index >= 15 is 0 Å². The van der Waals surface area contributed by atoms with E-state index in [-0.39, 0.29) is 18.0 Å². The van der Waals surface area contributed by atoms with Crippen molar-refractivity contribution in [2.75, 3.05) is 37.4 Å². The maximum Gasteiger partial charge on any atom is 0.333 e. The van der Waals surface area contributed by atoms with Crippen molar-refractivity contribution >= 4 is 21.7 Å². The highest BCUT2D eigenvalue weighted by Crippen LogP contribution is 2.34. The fraction of sp³-hybridized carbons (Fsp3) is 0.424. The first-order chi connectivity index (χ1) is 20.3. The van der Waals surface area contributed by atoms with E-state index in [4.69, 9.17) is 15.2 Å². The summed E-state index contributed by atoms with van der Waals surface area (Å²) >= 11 is 0. The van der Waals surface area contributed by atoms with Gasteiger partial charge in [0.2, 0.25) is 10.0 Å². The lowest BCUT2D eigenvalue weighted by Gasteiger charge is -2.27. The standard InChI is InChI=1S/C33H41N3O5S/c1-40-31-7-3-5-26-13-9-24(20-29(26)31)19-23-11-15-28(16-12-23)36(33(34)37)42(38,39)18-17-35-22-25-10-14-27-6-4-8-32(41-2)30(27)21-25/h3-8,11-12,15-16,24-25,35H,9-10,13-14,17-22H2,1-2H3,(H2,34,37). The monoisotopic (exact) mass is 591 g/mol. The number of fused-ring (bicyclic) bond motifs is 2. The third-order valence-corrected chi connectivity index (χ3v) is 10.3. The highest BCUT2D eigenvalue weighted by molar-refractivity contribution is 7.93. The minimum absolute atomic E-state index is 0.228. The number of sulfonamides is 1. The average Bonchev–Trinajstić information content (AvgIpc) is 2.99. The van der Waals surface area contributed by atoms with Gasteiger partial charge >= 0.3 is 6.03 Å². The van der Waals surface area contributed by atoms with Gasteiger partial charge in [0.15, 0.2) is 0 Å². The van der Waals surface area contributed by atoms with Crippen LogP contribution in [0.1, 0.15) is 40.7 Å². The Hall–Kier alpha value is -3.56. The number of ether oxygens (including phenoxy) is 2. The Morgan fingerprint density at radius 2 is 1.45 bits per heavy atom. The second kappa shape index (κ2) is 13.2. The Morgan fingerprint density at radius 1 is 0.881 bits per heavy atom. The van der Waals surface area contributed by atoms with Gasteiger partial charge in [-0.3, -0.25) is 0 Å². The van der Waals surface area contributed by atoms with E-state index in [0.29, 0.717) is 18.4 Å². The van der Waals surface area contributed by atoms with Crippen LogP contribution in [0.5, 0.6) is 11.5 Å². The molecule has 3 N–H and O–H groups in total. The molecule has 2 amide bonds. The number of primary amides is 1. The zero-order chi connectivity index (χ0) is 29.7. The van der Waals surface area contributed by atoms with Crippen molar-refractivity contribution in [2.24, 2.45) is 17.6 Å². The van der Waals surface area contributed by atoms with Crippen molar-refractivity contribution in [1.82, 2.24) is 5.32 Å². The van der Waals surface area contributed by atoms with Crippen LogP contribution in [0.3, 0.4) is 0 Å². The van der Waals surface area contributed by atoms with Crippen LogP contribution < -0.4 is 24.8 Å². The van der Waals surface area contributed by atoms with Crippen LogP contribution in [-0.2, 0) is 42.1 Å². The molecule has 8 nitrogen and oxygen atoms in total. The fourth-order valence-corrected chi connectivity index (χ4v) is 7.81. The zero-order valence-corrected chi connectivity index (χ0v) is 25.3. The lowest BCUT2D eigenvalue weighted by atomic mass is 9.80. The summed E-state index contributed by atoms with van der Waals surface area (Å²) in [7, 11) is -0.559. The van der Waals surface area contributed by atoms with Crippen molar-refractivity contribution in [2.45, 2.75) is 44.9 Å². The molecule has 2 aliphatic carbocycles. The van der Waals surface area contributed by atoms with Gasteiger partial charge in [0.05, 0.1) is 25.7 Å². The molecular weight excluding hydrogens is 550 g/mol. The van der Waals surface area contributed by atoms with E-state index in [2.05, 4.69) is 17.4 Å². The number of nitrogens with two attached hydrogens (primary N) is 1. The number of anilines is 1. The smallest absolute Gasteiger partial charge is 0.333 e. The predicted octanol–water partition coefficient (Wildman–Crippen LogP) is 4.66. The minimum atomic E-state index is -3.96. The summed E-state index contributed by atoms with van der Waals surface area (Å²) in [5.74, 6) is 2.46. The molecule has 3 aromatic rings. The number of amides is 2. The SMILES string of the molecule is COc1cccc2c1CC(CNCCS(=O)(=O)N(C(N)=O)c1ccc(CC3CCc4cccc(OC)c4C3)cc1)CC2. The van der Waals surface area contributed by atoms with E-state index < -0.39 is 16.1 Å². The van der Waals surface area contributed by atoms with Crippen molar-refractivity contribution in [3.05, 3.63) is 88.5 Å². The molecule has 0 saturated heterocycles.